The van der Waals surface area contributed by atoms with E-state index in [0.717, 1.165) is 0 Å². The molecule has 0 bridgehead atoms. The molecule has 2 N–H and O–H groups in total. The molecule has 0 spiro atoms. The number of benzene rings is 1. The molecule has 5 nitrogen and oxygen atoms in total. The average Bonchev–Trinajstić information content (AvgIpc) is 2.44. The van der Waals surface area contributed by atoms with E-state index in [1.165, 1.54) is 31.2 Å². The molecule has 0 radical (unpaired) electrons. The van der Waals surface area contributed by atoms with Crippen LogP contribution in [0.4, 0.5) is 18.9 Å². The highest BCUT2D eigenvalue weighted by molar-refractivity contribution is 6.30. The van der Waals surface area contributed by atoms with E-state index in [1.54, 1.807) is 19.2 Å². The first-order valence-corrected chi connectivity index (χ1v) is 7.98. The summed E-state index contributed by atoms with van der Waals surface area (Å²) in [6, 6.07) is 5.37. The Morgan fingerprint density at radius 1 is 1.28 bits per heavy atom. The zero-order chi connectivity index (χ0) is 19.3. The topological polar surface area (TPSA) is 67.4 Å². The monoisotopic (exact) mass is 380 g/mol. The number of ether oxygens (including phenoxy) is 1. The molecule has 0 aliphatic carbocycles. The van der Waals surface area contributed by atoms with Gasteiger partial charge in [0.25, 0.3) is 0 Å². The first-order valence-electron chi connectivity index (χ1n) is 7.60. The van der Waals surface area contributed by atoms with Gasteiger partial charge in [-0.15, -0.1) is 0 Å². The normalized spacial score (nSPS) is 13.9. The predicted molar refractivity (Wildman–Crippen MR) is 88.1 cm³/mol. The molecule has 0 heterocycles. The number of halogens is 4. The number of anilines is 1. The number of carbonyl (C=O) groups excluding carboxylic acids is 2. The second-order valence-corrected chi connectivity index (χ2v) is 6.19. The summed E-state index contributed by atoms with van der Waals surface area (Å²) in [5, 5.41) is 3.97. The van der Waals surface area contributed by atoms with Crippen molar-refractivity contribution >= 4 is 29.2 Å². The number of carbonyl (C=O) groups is 2. The van der Waals surface area contributed by atoms with Crippen molar-refractivity contribution < 1.29 is 27.5 Å². The van der Waals surface area contributed by atoms with Crippen molar-refractivity contribution in [1.29, 1.82) is 0 Å². The maximum Gasteiger partial charge on any atom is 0.441 e. The van der Waals surface area contributed by atoms with Gasteiger partial charge in [-0.05, 0) is 31.0 Å². The molecule has 1 rings (SSSR count). The summed E-state index contributed by atoms with van der Waals surface area (Å²) in [6.45, 7) is 4.43. The Balaban J connectivity index is 3.33. The lowest BCUT2D eigenvalue weighted by Crippen LogP contribution is -2.69. The quantitative estimate of drug-likeness (QED) is 0.558. The smallest absolute Gasteiger partial charge is 0.441 e. The van der Waals surface area contributed by atoms with Gasteiger partial charge in [0.2, 0.25) is 5.91 Å². The zero-order valence-corrected chi connectivity index (χ0v) is 14.8. The van der Waals surface area contributed by atoms with Crippen LogP contribution in [0, 0.1) is 5.92 Å². The van der Waals surface area contributed by atoms with Gasteiger partial charge < -0.3 is 15.4 Å². The molecule has 0 aliphatic heterocycles. The van der Waals surface area contributed by atoms with E-state index in [4.69, 9.17) is 11.6 Å². The maximum absolute atomic E-state index is 13.8. The molecular formula is C16H20ClF3N2O3. The third kappa shape index (κ3) is 5.52. The van der Waals surface area contributed by atoms with Crippen molar-refractivity contribution in [3.63, 3.8) is 0 Å². The summed E-state index contributed by atoms with van der Waals surface area (Å²) in [5.41, 5.74) is -3.51. The van der Waals surface area contributed by atoms with Crippen LogP contribution in [0.2, 0.25) is 5.02 Å². The third-order valence-electron chi connectivity index (χ3n) is 3.08. The van der Waals surface area contributed by atoms with Gasteiger partial charge in [-0.2, -0.15) is 13.2 Å². The van der Waals surface area contributed by atoms with Gasteiger partial charge in [0.15, 0.2) is 0 Å². The largest absolute Gasteiger partial charge is 0.463 e. The SMILES string of the molecule is CCOC(=O)C(NC(=O)CC(C)C)(Nc1cccc(Cl)c1)C(F)(F)F. The molecule has 1 amide bonds. The fraction of sp³-hybridized carbons (Fsp3) is 0.500. The van der Waals surface area contributed by atoms with Crippen LogP contribution in [0.1, 0.15) is 27.2 Å². The van der Waals surface area contributed by atoms with E-state index < -0.39 is 23.7 Å². The zero-order valence-electron chi connectivity index (χ0n) is 14.0. The standard InChI is InChI=1S/C16H20ClF3N2O3/c1-4-25-14(24)15(16(18,19)20,22-13(23)8-10(2)3)21-12-7-5-6-11(17)9-12/h5-7,9-10,21H,4,8H2,1-3H3,(H,22,23). The Kier molecular flexibility index (Phi) is 7.10. The number of alkyl halides is 3. The Morgan fingerprint density at radius 3 is 2.40 bits per heavy atom. The van der Waals surface area contributed by atoms with Crippen molar-refractivity contribution in [3.05, 3.63) is 29.3 Å². The van der Waals surface area contributed by atoms with Crippen molar-refractivity contribution in [1.82, 2.24) is 5.32 Å². The Bertz CT molecular complexity index is 623. The van der Waals surface area contributed by atoms with Gasteiger partial charge in [0.05, 0.1) is 6.61 Å². The van der Waals surface area contributed by atoms with E-state index >= 15 is 0 Å². The number of rotatable bonds is 7. The highest BCUT2D eigenvalue weighted by Gasteiger charge is 2.63. The first kappa shape index (κ1) is 21.1. The van der Waals surface area contributed by atoms with E-state index in [0.29, 0.717) is 0 Å². The summed E-state index contributed by atoms with van der Waals surface area (Å²) < 4.78 is 46.0. The highest BCUT2D eigenvalue weighted by Crippen LogP contribution is 2.34. The van der Waals surface area contributed by atoms with Crippen LogP contribution in [0.25, 0.3) is 0 Å². The minimum atomic E-state index is -5.16. The molecule has 1 unspecified atom stereocenters. The van der Waals surface area contributed by atoms with Gasteiger partial charge >= 0.3 is 17.8 Å². The minimum absolute atomic E-state index is 0.0947. The van der Waals surface area contributed by atoms with Crippen LogP contribution in [-0.2, 0) is 14.3 Å². The second-order valence-electron chi connectivity index (χ2n) is 5.75. The van der Waals surface area contributed by atoms with Crippen LogP contribution in [0.15, 0.2) is 24.3 Å². The Morgan fingerprint density at radius 2 is 1.92 bits per heavy atom. The van der Waals surface area contributed by atoms with E-state index in [-0.39, 0.29) is 29.7 Å². The summed E-state index contributed by atoms with van der Waals surface area (Å²) in [6.07, 6.45) is -5.34. The van der Waals surface area contributed by atoms with E-state index in [9.17, 15) is 22.8 Å². The molecule has 1 aromatic carbocycles. The summed E-state index contributed by atoms with van der Waals surface area (Å²) >= 11 is 5.78. The molecule has 9 heteroatoms. The summed E-state index contributed by atoms with van der Waals surface area (Å²) in [7, 11) is 0. The van der Waals surface area contributed by atoms with Crippen molar-refractivity contribution in [3.8, 4) is 0 Å². The lowest BCUT2D eigenvalue weighted by atomic mass is 10.1. The maximum atomic E-state index is 13.8. The molecule has 140 valence electrons. The van der Waals surface area contributed by atoms with Crippen LogP contribution >= 0.6 is 11.6 Å². The fourth-order valence-electron chi connectivity index (χ4n) is 2.04. The molecule has 1 atom stereocenters. The number of hydrogen-bond donors (Lipinski definition) is 2. The van der Waals surface area contributed by atoms with Gasteiger partial charge in [0, 0.05) is 17.1 Å². The van der Waals surface area contributed by atoms with Crippen molar-refractivity contribution in [2.24, 2.45) is 5.92 Å². The number of esters is 1. The van der Waals surface area contributed by atoms with Gasteiger partial charge in [-0.1, -0.05) is 31.5 Å². The highest BCUT2D eigenvalue weighted by atomic mass is 35.5. The molecule has 0 saturated heterocycles. The number of hydrogen-bond acceptors (Lipinski definition) is 4. The second kappa shape index (κ2) is 8.42. The predicted octanol–water partition coefficient (Wildman–Crippen LogP) is 3.74. The Hall–Kier alpha value is -1.96. The van der Waals surface area contributed by atoms with E-state index in [1.807, 2.05) is 5.32 Å². The third-order valence-corrected chi connectivity index (χ3v) is 3.32. The van der Waals surface area contributed by atoms with Gasteiger partial charge in [-0.3, -0.25) is 4.79 Å². The minimum Gasteiger partial charge on any atom is -0.463 e. The molecule has 0 saturated carbocycles. The van der Waals surface area contributed by atoms with Gasteiger partial charge in [-0.25, -0.2) is 4.79 Å². The fourth-order valence-corrected chi connectivity index (χ4v) is 2.23. The van der Waals surface area contributed by atoms with Crippen LogP contribution in [-0.4, -0.2) is 30.3 Å². The van der Waals surface area contributed by atoms with Crippen LogP contribution in [0.3, 0.4) is 0 Å². The van der Waals surface area contributed by atoms with Crippen LogP contribution in [0.5, 0.6) is 0 Å². The molecule has 0 fully saturated rings. The molecule has 0 aromatic heterocycles. The average molecular weight is 381 g/mol. The van der Waals surface area contributed by atoms with Crippen LogP contribution < -0.4 is 10.6 Å². The lowest BCUT2D eigenvalue weighted by Gasteiger charge is -2.35. The summed E-state index contributed by atoms with van der Waals surface area (Å²) in [4.78, 5) is 24.2. The van der Waals surface area contributed by atoms with E-state index in [2.05, 4.69) is 4.74 Å². The molecule has 25 heavy (non-hydrogen) atoms. The Labute approximate surface area is 148 Å². The number of nitrogens with one attached hydrogen (secondary N) is 2. The lowest BCUT2D eigenvalue weighted by molar-refractivity contribution is -0.208. The van der Waals surface area contributed by atoms with Crippen molar-refractivity contribution in [2.75, 3.05) is 11.9 Å². The van der Waals surface area contributed by atoms with Gasteiger partial charge in [0.1, 0.15) is 0 Å². The molecule has 0 aliphatic rings. The molecular weight excluding hydrogens is 361 g/mol. The first-order chi connectivity index (χ1) is 11.5. The molecule has 1 aromatic rings. The number of amides is 1. The summed E-state index contributed by atoms with van der Waals surface area (Å²) in [5.74, 6) is -2.78. The van der Waals surface area contributed by atoms with Crippen molar-refractivity contribution in [2.45, 2.75) is 39.0 Å².